The van der Waals surface area contributed by atoms with Crippen LogP contribution in [0, 0.1) is 4.64 Å². The Morgan fingerprint density at radius 1 is 1.17 bits per heavy atom. The van der Waals surface area contributed by atoms with Crippen molar-refractivity contribution in [3.63, 3.8) is 0 Å². The van der Waals surface area contributed by atoms with Crippen LogP contribution in [0.1, 0.15) is 12.6 Å². The van der Waals surface area contributed by atoms with Crippen molar-refractivity contribution >= 4 is 70.8 Å². The Hall–Kier alpha value is -2.93. The topological polar surface area (TPSA) is 401 Å². The first-order valence-corrected chi connectivity index (χ1v) is 17.0. The summed E-state index contributed by atoms with van der Waals surface area (Å²) in [6, 6.07) is -1.36. The van der Waals surface area contributed by atoms with Gasteiger partial charge in [0.1, 0.15) is 23.4 Å². The average Bonchev–Trinajstić information content (AvgIpc) is 3.43. The lowest BCUT2D eigenvalue weighted by atomic mass is 10.1. The Morgan fingerprint density at radius 3 is 2.46 bits per heavy atom. The van der Waals surface area contributed by atoms with E-state index in [4.69, 9.17) is 43.2 Å². The molecule has 8 atom stereocenters. The molecule has 5 unspecified atom stereocenters. The predicted molar refractivity (Wildman–Crippen MR) is 142 cm³/mol. The number of amides is 2. The molecule has 0 aliphatic carbocycles. The number of fused-ring (bicyclic) bond motifs is 1. The minimum Gasteiger partial charge on any atom is -0.756 e. The number of rotatable bonds is 15. The summed E-state index contributed by atoms with van der Waals surface area (Å²) in [5.74, 6) is -2.32. The Kier molecular flexibility index (Phi) is 12.1. The number of ether oxygens (including phenoxy) is 2. The van der Waals surface area contributed by atoms with Crippen LogP contribution in [0.25, 0.3) is 11.2 Å². The Balaban J connectivity index is 1.74. The normalized spacial score (nSPS) is 24.3. The van der Waals surface area contributed by atoms with Crippen molar-refractivity contribution in [1.82, 2.24) is 30.2 Å². The van der Waals surface area contributed by atoms with Crippen molar-refractivity contribution in [2.45, 2.75) is 37.0 Å². The van der Waals surface area contributed by atoms with Gasteiger partial charge in [0.05, 0.1) is 25.4 Å². The molecule has 0 aromatic carbocycles. The third-order valence-electron chi connectivity index (χ3n) is 5.52. The van der Waals surface area contributed by atoms with Gasteiger partial charge in [-0.25, -0.2) is 23.4 Å². The summed E-state index contributed by atoms with van der Waals surface area (Å²) < 4.78 is 57.1. The molecule has 1 aliphatic heterocycles. The number of carbonyl (C=O) groups excluding carboxylic acids is 2. The maximum atomic E-state index is 12.6. The molecule has 46 heavy (non-hydrogen) atoms. The maximum Gasteiger partial charge on any atom is 0.407 e. The van der Waals surface area contributed by atoms with Gasteiger partial charge in [0.15, 0.2) is 22.9 Å². The highest BCUT2D eigenvalue weighted by Crippen LogP contribution is 2.61. The number of alkyl carbamates (subject to hydrolysis) is 1. The van der Waals surface area contributed by atoms with E-state index < -0.39 is 85.0 Å². The summed E-state index contributed by atoms with van der Waals surface area (Å²) in [5, 5.41) is 24.1. The van der Waals surface area contributed by atoms with Crippen LogP contribution in [0.15, 0.2) is 6.33 Å². The Labute approximate surface area is 260 Å². The van der Waals surface area contributed by atoms with Gasteiger partial charge < -0.3 is 70.9 Å². The second-order valence-corrected chi connectivity index (χ2v) is 13.6. The summed E-state index contributed by atoms with van der Waals surface area (Å²) >= 11 is 5.10. The van der Waals surface area contributed by atoms with Gasteiger partial charge >= 0.3 is 12.1 Å². The summed E-state index contributed by atoms with van der Waals surface area (Å²) in [6.07, 6.45) is -7.67. The van der Waals surface area contributed by atoms with Gasteiger partial charge in [0, 0.05) is 13.1 Å². The highest BCUT2D eigenvalue weighted by Gasteiger charge is 2.48. The number of nitrogens with zero attached hydrogens (tertiary/aromatic N) is 3. The molecule has 1 saturated heterocycles. The highest BCUT2D eigenvalue weighted by molar-refractivity contribution is 7.71. The Morgan fingerprint density at radius 2 is 1.83 bits per heavy atom. The number of carboxylic acid groups (broad SMARTS) is 1. The number of imidazole rings is 1. The van der Waals surface area contributed by atoms with E-state index in [1.807, 2.05) is 0 Å². The molecule has 0 bridgehead atoms. The zero-order chi connectivity index (χ0) is 34.6. The molecule has 25 nitrogen and oxygen atoms in total. The van der Waals surface area contributed by atoms with Gasteiger partial charge in [-0.15, -0.1) is 0 Å². The smallest absolute Gasteiger partial charge is 0.407 e. The first-order valence-electron chi connectivity index (χ1n) is 12.2. The van der Waals surface area contributed by atoms with Crippen molar-refractivity contribution in [3.8, 4) is 0 Å². The molecule has 3 rings (SSSR count). The van der Waals surface area contributed by atoms with Crippen molar-refractivity contribution < 1.29 is 80.5 Å². The number of nitrogens with two attached hydrogens (primary N) is 2. The largest absolute Gasteiger partial charge is 0.756 e. The summed E-state index contributed by atoms with van der Waals surface area (Å²) in [5.41, 5.74) is 11.2. The summed E-state index contributed by atoms with van der Waals surface area (Å²) in [7, 11) is -18.2. The van der Waals surface area contributed by atoms with E-state index >= 15 is 0 Å². The lowest BCUT2D eigenvalue weighted by Crippen LogP contribution is -2.45. The number of aliphatic hydroxyl groups excluding tert-OH is 1. The van der Waals surface area contributed by atoms with Gasteiger partial charge in [0.25, 0.3) is 23.5 Å². The fourth-order valence-corrected chi connectivity index (χ4v) is 6.88. The maximum absolute atomic E-state index is 12.6. The number of hydrogen-bond acceptors (Lipinski definition) is 20. The van der Waals surface area contributed by atoms with Gasteiger partial charge in [0.2, 0.25) is 5.91 Å². The van der Waals surface area contributed by atoms with Crippen LogP contribution in [0.2, 0.25) is 0 Å². The quantitative estimate of drug-likeness (QED) is 0.0488. The van der Waals surface area contributed by atoms with Crippen molar-refractivity contribution in [3.05, 3.63) is 11.0 Å². The van der Waals surface area contributed by atoms with E-state index in [9.17, 15) is 47.9 Å². The number of hydrogen-bond donors (Lipinski definition) is 8. The number of phosphoric ester groups is 1. The van der Waals surface area contributed by atoms with Gasteiger partial charge in [-0.3, -0.25) is 27.9 Å². The lowest BCUT2D eigenvalue weighted by molar-refractivity contribution is -0.250. The molecule has 2 aromatic rings. The van der Waals surface area contributed by atoms with E-state index in [0.29, 0.717) is 0 Å². The first-order chi connectivity index (χ1) is 21.2. The number of aliphatic hydroxyl groups is 1. The minimum atomic E-state index is -6.22. The highest BCUT2D eigenvalue weighted by atomic mass is 32.1. The number of nitrogens with one attached hydrogen (secondary N) is 3. The van der Waals surface area contributed by atoms with E-state index in [1.54, 1.807) is 0 Å². The zero-order valence-corrected chi connectivity index (χ0v) is 26.1. The van der Waals surface area contributed by atoms with Crippen molar-refractivity contribution in [2.75, 3.05) is 25.4 Å². The molecule has 10 N–H and O–H groups in total. The van der Waals surface area contributed by atoms with Gasteiger partial charge in [-0.2, -0.15) is 0 Å². The molecular formula is C17H24N8O17P3S-3. The first kappa shape index (κ1) is 37.5. The number of aliphatic carboxylic acids is 1. The number of aromatic nitrogens is 4. The second kappa shape index (κ2) is 14.9. The fraction of sp³-hybridized carbons (Fsp3) is 0.529. The lowest BCUT2D eigenvalue weighted by Gasteiger charge is -2.33. The predicted octanol–water partition coefficient (Wildman–Crippen LogP) is -4.21. The van der Waals surface area contributed by atoms with Crippen LogP contribution in [0.3, 0.4) is 0 Å². The summed E-state index contributed by atoms with van der Waals surface area (Å²) in [4.78, 5) is 88.1. The van der Waals surface area contributed by atoms with Gasteiger partial charge in [-0.05, 0) is 0 Å². The van der Waals surface area contributed by atoms with Crippen LogP contribution >= 0.6 is 35.7 Å². The molecule has 2 aromatic heterocycles. The molecule has 1 fully saturated rings. The van der Waals surface area contributed by atoms with Crippen LogP contribution in [-0.2, 0) is 45.9 Å². The second-order valence-electron chi connectivity index (χ2n) is 8.95. The SMILES string of the molecule is Nc1nc(=S)c2ncn([C@@H]3O[C@H](COP(=O)([O-])OP(=O)([O-])OP(=O)([O-])O)C(O)[C@@H]3OC(=O)NCCNC(=O)C(N)CC(=O)O)c2[nH]1. The number of anilines is 1. The van der Waals surface area contributed by atoms with Crippen LogP contribution in [-0.4, -0.2) is 96.6 Å². The number of H-pyrrole nitrogens is 1. The zero-order valence-electron chi connectivity index (χ0n) is 22.6. The Bertz CT molecular complexity index is 1670. The molecule has 0 radical (unpaired) electrons. The van der Waals surface area contributed by atoms with Crippen molar-refractivity contribution in [1.29, 1.82) is 0 Å². The molecule has 29 heteroatoms. The average molecular weight is 737 g/mol. The third-order valence-corrected chi connectivity index (χ3v) is 9.50. The molecule has 1 aliphatic rings. The molecule has 258 valence electrons. The molecular weight excluding hydrogens is 713 g/mol. The van der Waals surface area contributed by atoms with E-state index in [1.165, 1.54) is 0 Å². The number of carboxylic acids is 1. The monoisotopic (exact) mass is 737 g/mol. The number of phosphoric acid groups is 3. The fourth-order valence-electron chi connectivity index (χ4n) is 3.73. The van der Waals surface area contributed by atoms with Crippen LogP contribution < -0.4 is 36.8 Å². The van der Waals surface area contributed by atoms with Crippen molar-refractivity contribution in [2.24, 2.45) is 5.73 Å². The molecule has 0 saturated carbocycles. The van der Waals surface area contributed by atoms with E-state index in [0.717, 1.165) is 10.9 Å². The van der Waals surface area contributed by atoms with Crippen LogP contribution in [0.5, 0.6) is 0 Å². The summed E-state index contributed by atoms with van der Waals surface area (Å²) in [6.45, 7) is -1.74. The van der Waals surface area contributed by atoms with E-state index in [2.05, 4.69) is 38.7 Å². The van der Waals surface area contributed by atoms with Crippen LogP contribution in [0.4, 0.5) is 10.7 Å². The molecule has 2 amide bonds. The van der Waals surface area contributed by atoms with Gasteiger partial charge in [-0.1, -0.05) is 12.2 Å². The molecule has 3 heterocycles. The minimum absolute atomic E-state index is 0.0407. The number of nitrogen functional groups attached to an aromatic ring is 1. The van der Waals surface area contributed by atoms with E-state index in [-0.39, 0.29) is 34.8 Å². The standard InChI is InChI=1S/C17H27N8O17P3S/c18-6(3-8(26)27)13(29)20-1-2-21-17(30)40-11-10(28)7(4-38-44(34,35)42-45(36,37)41-43(31,32)33)39-15(11)25-5-22-9-12(25)23-16(19)24-14(9)46/h5-7,10-11,15,28H,1-4,18H2,(H,20,29)(H,21,30)(H,26,27)(H,34,35)(H,36,37)(H2,31,32,33)(H3,19,23,24,46)/p-3/t6?,7-,10?,11+,15-/m1/s1. The number of aromatic amines is 1. The number of carbonyl (C=O) groups is 3. The molecule has 0 spiro atoms. The third kappa shape index (κ3) is 10.5.